The van der Waals surface area contributed by atoms with Gasteiger partial charge < -0.3 is 4.57 Å². The average molecular weight is 173 g/mol. The highest BCUT2D eigenvalue weighted by Gasteiger charge is 2.02. The van der Waals surface area contributed by atoms with Crippen molar-refractivity contribution >= 4 is 0 Å². The van der Waals surface area contributed by atoms with Crippen molar-refractivity contribution in [2.24, 2.45) is 0 Å². The molecular weight excluding hydrogens is 158 g/mol. The van der Waals surface area contributed by atoms with Crippen LogP contribution in [0.5, 0.6) is 0 Å². The van der Waals surface area contributed by atoms with Crippen LogP contribution in [0.1, 0.15) is 19.8 Å². The monoisotopic (exact) mass is 173 g/mol. The molecule has 0 amide bonds. The Morgan fingerprint density at radius 3 is 2.54 bits per heavy atom. The molecule has 1 heteroatoms. The Kier molecular flexibility index (Phi) is 2.35. The van der Waals surface area contributed by atoms with E-state index in [4.69, 9.17) is 0 Å². The minimum Gasteiger partial charge on any atom is -0.350 e. The molecule has 1 aromatic heterocycles. The Bertz CT molecular complexity index is 328. The first-order valence-electron chi connectivity index (χ1n) is 4.80. The largest absolute Gasteiger partial charge is 0.350 e. The van der Waals surface area contributed by atoms with E-state index in [1.165, 1.54) is 24.0 Å². The maximum atomic E-state index is 2.26. The summed E-state index contributed by atoms with van der Waals surface area (Å²) < 4.78 is 2.22. The van der Waals surface area contributed by atoms with Gasteiger partial charge in [0.15, 0.2) is 0 Å². The van der Waals surface area contributed by atoms with Crippen molar-refractivity contribution in [2.45, 2.75) is 26.3 Å². The van der Waals surface area contributed by atoms with Gasteiger partial charge >= 0.3 is 0 Å². The van der Waals surface area contributed by atoms with E-state index in [-0.39, 0.29) is 0 Å². The van der Waals surface area contributed by atoms with Crippen LogP contribution in [-0.4, -0.2) is 4.57 Å². The number of allylic oxidation sites excluding steroid dienone is 4. The first kappa shape index (κ1) is 8.36. The first-order valence-corrected chi connectivity index (χ1v) is 4.80. The van der Waals surface area contributed by atoms with Crippen LogP contribution < -0.4 is 0 Å². The molecule has 1 aliphatic rings. The fourth-order valence-electron chi connectivity index (χ4n) is 1.63. The van der Waals surface area contributed by atoms with Crippen molar-refractivity contribution in [3.05, 3.63) is 47.8 Å². The molecule has 0 atom stereocenters. The van der Waals surface area contributed by atoms with Gasteiger partial charge in [-0.1, -0.05) is 23.3 Å². The molecule has 1 heterocycles. The molecule has 13 heavy (non-hydrogen) atoms. The second-order valence-electron chi connectivity index (χ2n) is 3.69. The third kappa shape index (κ3) is 2.11. The zero-order valence-electron chi connectivity index (χ0n) is 8.03. The fourth-order valence-corrected chi connectivity index (χ4v) is 1.63. The maximum absolute atomic E-state index is 2.26. The molecule has 1 aromatic rings. The molecule has 0 unspecified atom stereocenters. The SMILES string of the molecule is CC1=CC=C(Cn2cccc2)CC1. The number of hydrogen-bond donors (Lipinski definition) is 0. The first-order chi connectivity index (χ1) is 6.34. The predicted octanol–water partition coefficient (Wildman–Crippen LogP) is 3.15. The van der Waals surface area contributed by atoms with E-state index in [0.29, 0.717) is 0 Å². The fraction of sp³-hybridized carbons (Fsp3) is 0.333. The lowest BCUT2D eigenvalue weighted by Crippen LogP contribution is -2.00. The van der Waals surface area contributed by atoms with Crippen LogP contribution in [0, 0.1) is 0 Å². The van der Waals surface area contributed by atoms with Gasteiger partial charge in [-0.2, -0.15) is 0 Å². The molecule has 1 aliphatic carbocycles. The number of aromatic nitrogens is 1. The molecule has 0 spiro atoms. The zero-order valence-corrected chi connectivity index (χ0v) is 8.03. The van der Waals surface area contributed by atoms with Crippen LogP contribution in [-0.2, 0) is 6.54 Å². The minimum absolute atomic E-state index is 1.05. The lowest BCUT2D eigenvalue weighted by molar-refractivity contribution is 0.733. The predicted molar refractivity (Wildman–Crippen MR) is 55.5 cm³/mol. The Morgan fingerprint density at radius 1 is 1.15 bits per heavy atom. The molecule has 1 nitrogen and oxygen atoms in total. The van der Waals surface area contributed by atoms with Crippen molar-refractivity contribution in [2.75, 3.05) is 0 Å². The zero-order chi connectivity index (χ0) is 9.10. The normalized spacial score (nSPS) is 16.7. The van der Waals surface area contributed by atoms with Crippen molar-refractivity contribution in [3.8, 4) is 0 Å². The Hall–Kier alpha value is -1.24. The third-order valence-electron chi connectivity index (χ3n) is 2.50. The van der Waals surface area contributed by atoms with E-state index in [1.807, 2.05) is 0 Å². The molecule has 0 saturated carbocycles. The lowest BCUT2D eigenvalue weighted by Gasteiger charge is -2.12. The van der Waals surface area contributed by atoms with Crippen molar-refractivity contribution < 1.29 is 0 Å². The number of hydrogen-bond acceptors (Lipinski definition) is 0. The van der Waals surface area contributed by atoms with Crippen LogP contribution in [0.15, 0.2) is 47.8 Å². The van der Waals surface area contributed by atoms with Gasteiger partial charge in [0.2, 0.25) is 0 Å². The van der Waals surface area contributed by atoms with E-state index in [0.717, 1.165) is 6.54 Å². The molecule has 0 radical (unpaired) electrons. The van der Waals surface area contributed by atoms with Crippen LogP contribution in [0.2, 0.25) is 0 Å². The van der Waals surface area contributed by atoms with Gasteiger partial charge in [-0.3, -0.25) is 0 Å². The highest BCUT2D eigenvalue weighted by molar-refractivity contribution is 5.22. The standard InChI is InChI=1S/C12H15N/c1-11-4-6-12(7-5-11)10-13-8-2-3-9-13/h2-4,6,8-9H,5,7,10H2,1H3. The van der Waals surface area contributed by atoms with Crippen molar-refractivity contribution in [3.63, 3.8) is 0 Å². The number of rotatable bonds is 2. The summed E-state index contributed by atoms with van der Waals surface area (Å²) in [6.07, 6.45) is 11.2. The van der Waals surface area contributed by atoms with Crippen LogP contribution >= 0.6 is 0 Å². The second kappa shape index (κ2) is 3.65. The number of nitrogens with zero attached hydrogens (tertiary/aromatic N) is 1. The molecule has 0 saturated heterocycles. The summed E-state index contributed by atoms with van der Waals surface area (Å²) in [6, 6.07) is 4.15. The maximum Gasteiger partial charge on any atom is 0.0432 e. The van der Waals surface area contributed by atoms with Crippen LogP contribution in [0.25, 0.3) is 0 Å². The van der Waals surface area contributed by atoms with E-state index < -0.39 is 0 Å². The smallest absolute Gasteiger partial charge is 0.0432 e. The quantitative estimate of drug-likeness (QED) is 0.647. The highest BCUT2D eigenvalue weighted by atomic mass is 14.9. The Morgan fingerprint density at radius 2 is 1.92 bits per heavy atom. The average Bonchev–Trinajstić information content (AvgIpc) is 2.62. The van der Waals surface area contributed by atoms with Crippen molar-refractivity contribution in [1.82, 2.24) is 4.57 Å². The summed E-state index contributed by atoms with van der Waals surface area (Å²) in [5.41, 5.74) is 3.03. The van der Waals surface area contributed by atoms with Gasteiger partial charge in [0.1, 0.15) is 0 Å². The Labute approximate surface area is 79.4 Å². The molecule has 0 bridgehead atoms. The molecule has 0 aromatic carbocycles. The van der Waals surface area contributed by atoms with E-state index in [2.05, 4.69) is 48.2 Å². The molecule has 0 N–H and O–H groups in total. The van der Waals surface area contributed by atoms with Gasteiger partial charge in [-0.05, 0) is 31.9 Å². The van der Waals surface area contributed by atoms with Gasteiger partial charge in [0, 0.05) is 18.9 Å². The van der Waals surface area contributed by atoms with E-state index >= 15 is 0 Å². The third-order valence-corrected chi connectivity index (χ3v) is 2.50. The van der Waals surface area contributed by atoms with Gasteiger partial charge in [0.05, 0.1) is 0 Å². The summed E-state index contributed by atoms with van der Waals surface area (Å²) in [7, 11) is 0. The summed E-state index contributed by atoms with van der Waals surface area (Å²) in [6.45, 7) is 3.25. The van der Waals surface area contributed by atoms with Crippen LogP contribution in [0.4, 0.5) is 0 Å². The van der Waals surface area contributed by atoms with Gasteiger partial charge in [-0.25, -0.2) is 0 Å². The molecule has 0 fully saturated rings. The molecule has 68 valence electrons. The topological polar surface area (TPSA) is 4.93 Å². The van der Waals surface area contributed by atoms with Crippen molar-refractivity contribution in [1.29, 1.82) is 0 Å². The minimum atomic E-state index is 1.05. The summed E-state index contributed by atoms with van der Waals surface area (Å²) >= 11 is 0. The Balaban J connectivity index is 2.04. The molecule has 0 aliphatic heterocycles. The summed E-state index contributed by atoms with van der Waals surface area (Å²) in [5.74, 6) is 0. The van der Waals surface area contributed by atoms with Gasteiger partial charge in [0.25, 0.3) is 0 Å². The molecule has 2 rings (SSSR count). The second-order valence-corrected chi connectivity index (χ2v) is 3.69. The van der Waals surface area contributed by atoms with E-state index in [1.54, 1.807) is 0 Å². The highest BCUT2D eigenvalue weighted by Crippen LogP contribution is 2.18. The van der Waals surface area contributed by atoms with Crippen LogP contribution in [0.3, 0.4) is 0 Å². The summed E-state index contributed by atoms with van der Waals surface area (Å²) in [5, 5.41) is 0. The lowest BCUT2D eigenvalue weighted by atomic mass is 10.00. The summed E-state index contributed by atoms with van der Waals surface area (Å²) in [4.78, 5) is 0. The molecular formula is C12H15N. The van der Waals surface area contributed by atoms with E-state index in [9.17, 15) is 0 Å². The van der Waals surface area contributed by atoms with Gasteiger partial charge in [-0.15, -0.1) is 0 Å².